The molecule has 1 unspecified atom stereocenters. The molecule has 0 saturated carbocycles. The van der Waals surface area contributed by atoms with Crippen molar-refractivity contribution in [3.63, 3.8) is 0 Å². The van der Waals surface area contributed by atoms with Crippen LogP contribution in [0.3, 0.4) is 0 Å². The fourth-order valence-electron chi connectivity index (χ4n) is 2.22. The number of amides is 1. The highest BCUT2D eigenvalue weighted by Crippen LogP contribution is 2.23. The van der Waals surface area contributed by atoms with Gasteiger partial charge in [0.1, 0.15) is 0 Å². The average Bonchev–Trinajstić information content (AvgIpc) is 2.97. The van der Waals surface area contributed by atoms with Crippen LogP contribution in [0.25, 0.3) is 0 Å². The van der Waals surface area contributed by atoms with Crippen LogP contribution in [0.5, 0.6) is 0 Å². The number of nitrogens with zero attached hydrogens (tertiary/aromatic N) is 3. The first-order valence-electron chi connectivity index (χ1n) is 6.05. The Kier molecular flexibility index (Phi) is 3.79. The second-order valence-corrected chi connectivity index (χ2v) is 5.69. The van der Waals surface area contributed by atoms with Gasteiger partial charge in [-0.15, -0.1) is 11.3 Å². The van der Waals surface area contributed by atoms with Crippen molar-refractivity contribution in [2.45, 2.75) is 32.4 Å². The van der Waals surface area contributed by atoms with Gasteiger partial charge in [-0.3, -0.25) is 9.69 Å². The second kappa shape index (κ2) is 5.14. The number of carbonyl (C=O) groups excluding carboxylic acids is 1. The third kappa shape index (κ3) is 2.50. The van der Waals surface area contributed by atoms with E-state index < -0.39 is 0 Å². The Hall–Kier alpha value is -0.940. The van der Waals surface area contributed by atoms with E-state index in [0.29, 0.717) is 5.01 Å². The van der Waals surface area contributed by atoms with Crippen LogP contribution in [-0.4, -0.2) is 47.5 Å². The molecule has 0 aliphatic carbocycles. The zero-order valence-corrected chi connectivity index (χ0v) is 11.5. The molecule has 0 bridgehead atoms. The third-order valence-electron chi connectivity index (χ3n) is 3.16. The Labute approximate surface area is 106 Å². The van der Waals surface area contributed by atoms with Crippen LogP contribution < -0.4 is 0 Å². The van der Waals surface area contributed by atoms with Gasteiger partial charge in [-0.1, -0.05) is 6.92 Å². The normalized spacial score (nSPS) is 20.2. The van der Waals surface area contributed by atoms with E-state index in [0.717, 1.165) is 25.8 Å². The van der Waals surface area contributed by atoms with E-state index >= 15 is 0 Å². The number of likely N-dealkylation sites (tertiary alicyclic amines) is 1. The third-order valence-corrected chi connectivity index (χ3v) is 4.29. The largest absolute Gasteiger partial charge is 0.321 e. The van der Waals surface area contributed by atoms with Gasteiger partial charge < -0.3 is 4.90 Å². The number of thiazole rings is 1. The highest BCUT2D eigenvalue weighted by molar-refractivity contribution is 7.13. The van der Waals surface area contributed by atoms with Crippen LogP contribution >= 0.6 is 11.3 Å². The first-order valence-corrected chi connectivity index (χ1v) is 6.87. The van der Waals surface area contributed by atoms with Crippen molar-refractivity contribution < 1.29 is 4.79 Å². The Morgan fingerprint density at radius 2 is 2.41 bits per heavy atom. The number of aryl methyl sites for hydroxylation is 1. The predicted octanol–water partition coefficient (Wildman–Crippen LogP) is 1.83. The summed E-state index contributed by atoms with van der Waals surface area (Å²) in [4.78, 5) is 21.8. The molecule has 5 heteroatoms. The lowest BCUT2D eigenvalue weighted by atomic mass is 10.3. The van der Waals surface area contributed by atoms with Gasteiger partial charge in [-0.05, 0) is 33.4 Å². The fourth-order valence-corrected chi connectivity index (χ4v) is 3.02. The van der Waals surface area contributed by atoms with Gasteiger partial charge in [-0.2, -0.15) is 0 Å². The van der Waals surface area contributed by atoms with E-state index in [1.54, 1.807) is 0 Å². The minimum atomic E-state index is 0.0888. The van der Waals surface area contributed by atoms with Crippen LogP contribution in [0.1, 0.15) is 34.4 Å². The van der Waals surface area contributed by atoms with E-state index in [2.05, 4.69) is 16.8 Å². The summed E-state index contributed by atoms with van der Waals surface area (Å²) < 4.78 is 0. The van der Waals surface area contributed by atoms with Gasteiger partial charge in [0, 0.05) is 17.6 Å². The SMILES string of the molecule is CCc1cnc(C(=O)N2CCCC2N(C)C)s1. The zero-order chi connectivity index (χ0) is 12.4. The van der Waals surface area contributed by atoms with Crippen LogP contribution in [0.4, 0.5) is 0 Å². The van der Waals surface area contributed by atoms with Gasteiger partial charge in [0.2, 0.25) is 0 Å². The number of carbonyl (C=O) groups is 1. The van der Waals surface area contributed by atoms with Gasteiger partial charge in [0.15, 0.2) is 5.01 Å². The first kappa shape index (κ1) is 12.5. The molecule has 0 N–H and O–H groups in total. The molecule has 0 radical (unpaired) electrons. The minimum absolute atomic E-state index is 0.0888. The van der Waals surface area contributed by atoms with Crippen LogP contribution in [-0.2, 0) is 6.42 Å². The smallest absolute Gasteiger partial charge is 0.284 e. The van der Waals surface area contributed by atoms with Crippen LogP contribution in [0.15, 0.2) is 6.20 Å². The number of hydrogen-bond acceptors (Lipinski definition) is 4. The topological polar surface area (TPSA) is 36.4 Å². The molecule has 17 heavy (non-hydrogen) atoms. The number of hydrogen-bond donors (Lipinski definition) is 0. The molecule has 1 fully saturated rings. The van der Waals surface area contributed by atoms with E-state index in [-0.39, 0.29) is 12.1 Å². The summed E-state index contributed by atoms with van der Waals surface area (Å²) >= 11 is 1.52. The summed E-state index contributed by atoms with van der Waals surface area (Å²) in [7, 11) is 4.05. The Balaban J connectivity index is 2.13. The quantitative estimate of drug-likeness (QED) is 0.824. The maximum absolute atomic E-state index is 12.3. The summed E-state index contributed by atoms with van der Waals surface area (Å²) in [6, 6.07) is 0. The van der Waals surface area contributed by atoms with Gasteiger partial charge in [-0.25, -0.2) is 4.98 Å². The molecule has 1 aromatic heterocycles. The van der Waals surface area contributed by atoms with Crippen molar-refractivity contribution in [1.82, 2.24) is 14.8 Å². The molecule has 1 aliphatic heterocycles. The number of rotatable bonds is 3. The molecule has 4 nitrogen and oxygen atoms in total. The number of aromatic nitrogens is 1. The maximum atomic E-state index is 12.3. The Morgan fingerprint density at radius 3 is 3.00 bits per heavy atom. The molecule has 0 aromatic carbocycles. The standard InChI is InChI=1S/C12H19N3OS/c1-4-9-8-13-11(17-9)12(16)15-7-5-6-10(15)14(2)3/h8,10H,4-7H2,1-3H3. The van der Waals surface area contributed by atoms with Crippen molar-refractivity contribution in [3.8, 4) is 0 Å². The molecule has 94 valence electrons. The second-order valence-electron chi connectivity index (χ2n) is 4.57. The van der Waals surface area contributed by atoms with Crippen molar-refractivity contribution in [2.75, 3.05) is 20.6 Å². The Bertz CT molecular complexity index is 402. The van der Waals surface area contributed by atoms with E-state index in [1.165, 1.54) is 16.2 Å². The van der Waals surface area contributed by atoms with Gasteiger partial charge in [0.05, 0.1) is 6.17 Å². The molecule has 1 aromatic rings. The average molecular weight is 253 g/mol. The van der Waals surface area contributed by atoms with Gasteiger partial charge >= 0.3 is 0 Å². The molecule has 1 atom stereocenters. The lowest BCUT2D eigenvalue weighted by Gasteiger charge is -2.29. The maximum Gasteiger partial charge on any atom is 0.284 e. The van der Waals surface area contributed by atoms with E-state index in [1.807, 2.05) is 25.2 Å². The Morgan fingerprint density at radius 1 is 1.65 bits per heavy atom. The highest BCUT2D eigenvalue weighted by atomic mass is 32.1. The summed E-state index contributed by atoms with van der Waals surface area (Å²) in [6.07, 6.45) is 5.14. The summed E-state index contributed by atoms with van der Waals surface area (Å²) in [5, 5.41) is 0.635. The fraction of sp³-hybridized carbons (Fsp3) is 0.667. The summed E-state index contributed by atoms with van der Waals surface area (Å²) in [5.41, 5.74) is 0. The van der Waals surface area contributed by atoms with E-state index in [9.17, 15) is 4.79 Å². The molecule has 0 spiro atoms. The lowest BCUT2D eigenvalue weighted by Crippen LogP contribution is -2.43. The molecule has 2 rings (SSSR count). The zero-order valence-electron chi connectivity index (χ0n) is 10.6. The molecule has 1 saturated heterocycles. The molecule has 2 heterocycles. The molecule has 1 amide bonds. The van der Waals surface area contributed by atoms with Crippen molar-refractivity contribution in [1.29, 1.82) is 0 Å². The van der Waals surface area contributed by atoms with Gasteiger partial charge in [0.25, 0.3) is 5.91 Å². The first-order chi connectivity index (χ1) is 8.13. The highest BCUT2D eigenvalue weighted by Gasteiger charge is 2.31. The lowest BCUT2D eigenvalue weighted by molar-refractivity contribution is 0.0584. The summed E-state index contributed by atoms with van der Waals surface area (Å²) in [6.45, 7) is 2.93. The molecular formula is C12H19N3OS. The van der Waals surface area contributed by atoms with Crippen molar-refractivity contribution in [2.24, 2.45) is 0 Å². The van der Waals surface area contributed by atoms with Crippen molar-refractivity contribution >= 4 is 17.2 Å². The molecule has 1 aliphatic rings. The summed E-state index contributed by atoms with van der Waals surface area (Å²) in [5.74, 6) is 0.0888. The van der Waals surface area contributed by atoms with Crippen molar-refractivity contribution in [3.05, 3.63) is 16.1 Å². The van der Waals surface area contributed by atoms with E-state index in [4.69, 9.17) is 0 Å². The van der Waals surface area contributed by atoms with Crippen LogP contribution in [0.2, 0.25) is 0 Å². The molecular weight excluding hydrogens is 234 g/mol. The predicted molar refractivity (Wildman–Crippen MR) is 69.2 cm³/mol. The van der Waals surface area contributed by atoms with Crippen LogP contribution in [0, 0.1) is 0 Å². The minimum Gasteiger partial charge on any atom is -0.321 e. The monoisotopic (exact) mass is 253 g/mol.